The molecule has 1 heterocycles. The molecule has 0 saturated heterocycles. The number of hydrogen-bond acceptors (Lipinski definition) is 4. The summed E-state index contributed by atoms with van der Waals surface area (Å²) in [6, 6.07) is 5.99. The third kappa shape index (κ3) is 3.74. The van der Waals surface area contributed by atoms with Crippen LogP contribution in [-0.2, 0) is 20.1 Å². The second kappa shape index (κ2) is 6.96. The molecule has 0 radical (unpaired) electrons. The van der Waals surface area contributed by atoms with Gasteiger partial charge in [0.15, 0.2) is 11.5 Å². The Bertz CT molecular complexity index is 552. The Balaban J connectivity index is 1.93. The van der Waals surface area contributed by atoms with Gasteiger partial charge in [-0.05, 0) is 24.6 Å². The highest BCUT2D eigenvalue weighted by Gasteiger charge is 2.05. The van der Waals surface area contributed by atoms with Gasteiger partial charge in [-0.1, -0.05) is 6.07 Å². The molecule has 0 aliphatic carbocycles. The minimum absolute atomic E-state index is 0.628. The summed E-state index contributed by atoms with van der Waals surface area (Å²) in [5.74, 6) is 1.55. The van der Waals surface area contributed by atoms with Crippen molar-refractivity contribution in [2.75, 3.05) is 13.7 Å². The van der Waals surface area contributed by atoms with Crippen LogP contribution < -0.4 is 14.8 Å². The van der Waals surface area contributed by atoms with Gasteiger partial charge in [0.1, 0.15) is 0 Å². The summed E-state index contributed by atoms with van der Waals surface area (Å²) in [6.07, 6.45) is 3.87. The number of hydrogen-bond donors (Lipinski definition) is 1. The molecule has 0 atom stereocenters. The fraction of sp³-hybridized carbons (Fsp3) is 0.400. The molecule has 5 heteroatoms. The molecule has 108 valence electrons. The molecule has 0 aliphatic heterocycles. The van der Waals surface area contributed by atoms with E-state index in [0.29, 0.717) is 6.61 Å². The minimum Gasteiger partial charge on any atom is -0.493 e. The smallest absolute Gasteiger partial charge is 0.161 e. The number of rotatable bonds is 7. The van der Waals surface area contributed by atoms with Crippen LogP contribution in [0, 0.1) is 0 Å². The van der Waals surface area contributed by atoms with Crippen LogP contribution in [0.4, 0.5) is 0 Å². The fourth-order valence-electron chi connectivity index (χ4n) is 2.01. The van der Waals surface area contributed by atoms with Crippen LogP contribution in [0.2, 0.25) is 0 Å². The SMILES string of the molecule is CCOc1cc(CNCc2cnn(C)c2)ccc1OC. The second-order valence-corrected chi connectivity index (χ2v) is 4.54. The molecule has 2 rings (SSSR count). The van der Waals surface area contributed by atoms with Crippen molar-refractivity contribution < 1.29 is 9.47 Å². The molecule has 1 N–H and O–H groups in total. The third-order valence-electron chi connectivity index (χ3n) is 2.94. The van der Waals surface area contributed by atoms with E-state index in [0.717, 1.165) is 30.2 Å². The Morgan fingerprint density at radius 3 is 2.65 bits per heavy atom. The lowest BCUT2D eigenvalue weighted by atomic mass is 10.2. The van der Waals surface area contributed by atoms with Crippen molar-refractivity contribution in [2.24, 2.45) is 7.05 Å². The zero-order chi connectivity index (χ0) is 14.4. The Morgan fingerprint density at radius 2 is 2.00 bits per heavy atom. The molecule has 0 fully saturated rings. The molecule has 1 aromatic carbocycles. The summed E-state index contributed by atoms with van der Waals surface area (Å²) < 4.78 is 12.6. The largest absolute Gasteiger partial charge is 0.493 e. The summed E-state index contributed by atoms with van der Waals surface area (Å²) in [5, 5.41) is 7.53. The van der Waals surface area contributed by atoms with Gasteiger partial charge in [-0.3, -0.25) is 4.68 Å². The Labute approximate surface area is 119 Å². The van der Waals surface area contributed by atoms with Crippen molar-refractivity contribution in [1.29, 1.82) is 0 Å². The number of aromatic nitrogens is 2. The van der Waals surface area contributed by atoms with E-state index in [-0.39, 0.29) is 0 Å². The molecule has 0 amide bonds. The zero-order valence-electron chi connectivity index (χ0n) is 12.2. The molecule has 1 aromatic heterocycles. The van der Waals surface area contributed by atoms with Crippen LogP contribution in [0.15, 0.2) is 30.6 Å². The van der Waals surface area contributed by atoms with Gasteiger partial charge in [-0.15, -0.1) is 0 Å². The van der Waals surface area contributed by atoms with E-state index in [4.69, 9.17) is 9.47 Å². The normalized spacial score (nSPS) is 10.6. The van der Waals surface area contributed by atoms with E-state index in [1.807, 2.05) is 44.6 Å². The van der Waals surface area contributed by atoms with E-state index < -0.39 is 0 Å². The zero-order valence-corrected chi connectivity index (χ0v) is 12.2. The molecule has 0 spiro atoms. The van der Waals surface area contributed by atoms with Crippen molar-refractivity contribution in [3.05, 3.63) is 41.7 Å². The van der Waals surface area contributed by atoms with Gasteiger partial charge in [-0.25, -0.2) is 0 Å². The fourth-order valence-corrected chi connectivity index (χ4v) is 2.01. The van der Waals surface area contributed by atoms with Crippen molar-refractivity contribution in [1.82, 2.24) is 15.1 Å². The van der Waals surface area contributed by atoms with Crippen LogP contribution >= 0.6 is 0 Å². The second-order valence-electron chi connectivity index (χ2n) is 4.54. The van der Waals surface area contributed by atoms with Crippen LogP contribution in [0.5, 0.6) is 11.5 Å². The average molecular weight is 275 g/mol. The van der Waals surface area contributed by atoms with E-state index in [1.165, 1.54) is 5.56 Å². The highest BCUT2D eigenvalue weighted by molar-refractivity contribution is 5.42. The predicted octanol–water partition coefficient (Wildman–Crippen LogP) is 2.12. The first-order chi connectivity index (χ1) is 9.72. The lowest BCUT2D eigenvalue weighted by molar-refractivity contribution is 0.310. The summed E-state index contributed by atoms with van der Waals surface area (Å²) in [7, 11) is 3.57. The molecule has 0 bridgehead atoms. The lowest BCUT2D eigenvalue weighted by Crippen LogP contribution is -2.12. The molecular weight excluding hydrogens is 254 g/mol. The van der Waals surface area contributed by atoms with E-state index in [9.17, 15) is 0 Å². The molecule has 2 aromatic rings. The maximum Gasteiger partial charge on any atom is 0.161 e. The topological polar surface area (TPSA) is 48.3 Å². The number of ether oxygens (including phenoxy) is 2. The maximum atomic E-state index is 5.57. The number of nitrogens with one attached hydrogen (secondary N) is 1. The van der Waals surface area contributed by atoms with Gasteiger partial charge in [0.05, 0.1) is 19.9 Å². The quantitative estimate of drug-likeness (QED) is 0.841. The number of methoxy groups -OCH3 is 1. The van der Waals surface area contributed by atoms with E-state index in [2.05, 4.69) is 10.4 Å². The third-order valence-corrected chi connectivity index (χ3v) is 2.94. The Morgan fingerprint density at radius 1 is 1.20 bits per heavy atom. The van der Waals surface area contributed by atoms with Gasteiger partial charge in [0.2, 0.25) is 0 Å². The highest BCUT2D eigenvalue weighted by Crippen LogP contribution is 2.27. The van der Waals surface area contributed by atoms with Gasteiger partial charge >= 0.3 is 0 Å². The van der Waals surface area contributed by atoms with Gasteiger partial charge in [-0.2, -0.15) is 5.10 Å². The van der Waals surface area contributed by atoms with Gasteiger partial charge in [0.25, 0.3) is 0 Å². The standard InChI is InChI=1S/C15H21N3O2/c1-4-20-15-7-12(5-6-14(15)19-3)8-16-9-13-10-17-18(2)11-13/h5-7,10-11,16H,4,8-9H2,1-3H3. The maximum absolute atomic E-state index is 5.57. The summed E-state index contributed by atoms with van der Waals surface area (Å²) in [6.45, 7) is 4.17. The first-order valence-electron chi connectivity index (χ1n) is 6.71. The summed E-state index contributed by atoms with van der Waals surface area (Å²) in [5.41, 5.74) is 2.34. The van der Waals surface area contributed by atoms with Crippen LogP contribution in [0.25, 0.3) is 0 Å². The van der Waals surface area contributed by atoms with Crippen LogP contribution in [0.3, 0.4) is 0 Å². The molecule has 20 heavy (non-hydrogen) atoms. The molecule has 0 saturated carbocycles. The van der Waals surface area contributed by atoms with Crippen molar-refractivity contribution in [3.8, 4) is 11.5 Å². The van der Waals surface area contributed by atoms with Crippen LogP contribution in [-0.4, -0.2) is 23.5 Å². The van der Waals surface area contributed by atoms with Crippen molar-refractivity contribution >= 4 is 0 Å². The summed E-state index contributed by atoms with van der Waals surface area (Å²) >= 11 is 0. The highest BCUT2D eigenvalue weighted by atomic mass is 16.5. The number of aryl methyl sites for hydroxylation is 1. The monoisotopic (exact) mass is 275 g/mol. The molecule has 0 aliphatic rings. The van der Waals surface area contributed by atoms with Crippen LogP contribution in [0.1, 0.15) is 18.1 Å². The Hall–Kier alpha value is -2.01. The lowest BCUT2D eigenvalue weighted by Gasteiger charge is -2.11. The van der Waals surface area contributed by atoms with Crippen molar-refractivity contribution in [3.63, 3.8) is 0 Å². The minimum atomic E-state index is 0.628. The predicted molar refractivity (Wildman–Crippen MR) is 77.9 cm³/mol. The van der Waals surface area contributed by atoms with E-state index >= 15 is 0 Å². The molecule has 5 nitrogen and oxygen atoms in total. The van der Waals surface area contributed by atoms with Gasteiger partial charge < -0.3 is 14.8 Å². The average Bonchev–Trinajstić information content (AvgIpc) is 2.85. The van der Waals surface area contributed by atoms with E-state index in [1.54, 1.807) is 11.8 Å². The number of benzene rings is 1. The summed E-state index contributed by atoms with van der Waals surface area (Å²) in [4.78, 5) is 0. The first kappa shape index (κ1) is 14.4. The molecular formula is C15H21N3O2. The van der Waals surface area contributed by atoms with Crippen molar-refractivity contribution in [2.45, 2.75) is 20.0 Å². The first-order valence-corrected chi connectivity index (χ1v) is 6.71. The Kier molecular flexibility index (Phi) is 5.01. The number of nitrogens with zero attached hydrogens (tertiary/aromatic N) is 2. The molecule has 0 unspecified atom stereocenters. The van der Waals surface area contributed by atoms with Gasteiger partial charge in [0, 0.05) is 31.9 Å².